The number of hydrogen-bond donors (Lipinski definition) is 0. The van der Waals surface area contributed by atoms with Crippen molar-refractivity contribution in [3.63, 3.8) is 0 Å². The fourth-order valence-electron chi connectivity index (χ4n) is 2.24. The monoisotopic (exact) mass is 392 g/mol. The first-order chi connectivity index (χ1) is 11.1. The van der Waals surface area contributed by atoms with Gasteiger partial charge < -0.3 is 0 Å². The summed E-state index contributed by atoms with van der Waals surface area (Å²) >= 11 is 17.5. The second-order valence-corrected chi connectivity index (χ2v) is 6.71. The molecule has 0 saturated carbocycles. The Kier molecular flexibility index (Phi) is 5.90. The summed E-state index contributed by atoms with van der Waals surface area (Å²) in [5.41, 5.74) is 2.73. The molecule has 0 nitrogen and oxygen atoms in total. The van der Waals surface area contributed by atoms with Crippen LogP contribution < -0.4 is 0 Å². The maximum atomic E-state index is 13.4. The van der Waals surface area contributed by atoms with Gasteiger partial charge >= 0.3 is 6.18 Å². The molecule has 0 amide bonds. The first-order valence-electron chi connectivity index (χ1n) is 7.06. The summed E-state index contributed by atoms with van der Waals surface area (Å²) in [4.78, 5) is 0. The van der Waals surface area contributed by atoms with E-state index in [1.54, 1.807) is 6.07 Å². The molecule has 0 aliphatic rings. The Balaban J connectivity index is 2.43. The number of alkyl halides is 3. The molecule has 128 valence electrons. The highest BCUT2D eigenvalue weighted by Crippen LogP contribution is 2.41. The lowest BCUT2D eigenvalue weighted by molar-refractivity contribution is -0.139. The minimum absolute atomic E-state index is 0.00648. The Bertz CT molecular complexity index is 757. The van der Waals surface area contributed by atoms with Gasteiger partial charge in [-0.1, -0.05) is 65.2 Å². The number of halogens is 6. The van der Waals surface area contributed by atoms with Gasteiger partial charge in [0.2, 0.25) is 0 Å². The van der Waals surface area contributed by atoms with Crippen LogP contribution in [-0.2, 0) is 0 Å². The third kappa shape index (κ3) is 4.47. The van der Waals surface area contributed by atoms with Gasteiger partial charge in [-0.25, -0.2) is 0 Å². The van der Waals surface area contributed by atoms with Crippen LogP contribution in [0.15, 0.2) is 36.4 Å². The van der Waals surface area contributed by atoms with Crippen molar-refractivity contribution >= 4 is 40.9 Å². The Labute approximate surface area is 153 Å². The minimum Gasteiger partial charge on any atom is -0.170 e. The lowest BCUT2D eigenvalue weighted by Crippen LogP contribution is -2.19. The summed E-state index contributed by atoms with van der Waals surface area (Å²) in [7, 11) is 0. The number of allylic oxidation sites excluding steroid dienone is 1. The molecule has 24 heavy (non-hydrogen) atoms. The molecule has 2 aromatic rings. The van der Waals surface area contributed by atoms with Crippen molar-refractivity contribution in [3.05, 3.63) is 73.7 Å². The molecule has 1 unspecified atom stereocenters. The van der Waals surface area contributed by atoms with E-state index in [1.807, 2.05) is 26.0 Å². The third-order valence-electron chi connectivity index (χ3n) is 3.73. The molecule has 0 saturated heterocycles. The third-order valence-corrected chi connectivity index (χ3v) is 4.93. The number of hydrogen-bond acceptors (Lipinski definition) is 0. The van der Waals surface area contributed by atoms with Gasteiger partial charge in [-0.2, -0.15) is 13.2 Å². The summed E-state index contributed by atoms with van der Waals surface area (Å²) < 4.78 is 40.3. The smallest absolute Gasteiger partial charge is 0.170 e. The molecule has 0 heterocycles. The molecule has 2 rings (SSSR count). The molecule has 0 bridgehead atoms. The quantitative estimate of drug-likeness (QED) is 0.470. The molecule has 0 N–H and O–H groups in total. The molecule has 0 aliphatic heterocycles. The normalized spacial score (nSPS) is 13.5. The van der Waals surface area contributed by atoms with E-state index < -0.39 is 12.1 Å². The Hall–Kier alpha value is -1.16. The Morgan fingerprint density at radius 2 is 1.50 bits per heavy atom. The van der Waals surface area contributed by atoms with Crippen molar-refractivity contribution in [2.75, 3.05) is 0 Å². The summed E-state index contributed by atoms with van der Waals surface area (Å²) in [5.74, 6) is -1.83. The van der Waals surface area contributed by atoms with Crippen molar-refractivity contribution in [1.29, 1.82) is 0 Å². The second-order valence-electron chi connectivity index (χ2n) is 5.52. The highest BCUT2D eigenvalue weighted by atomic mass is 35.5. The molecular weight excluding hydrogens is 380 g/mol. The second kappa shape index (κ2) is 7.38. The van der Waals surface area contributed by atoms with Gasteiger partial charge in [0.1, 0.15) is 0 Å². The van der Waals surface area contributed by atoms with Gasteiger partial charge in [0.15, 0.2) is 0 Å². The van der Waals surface area contributed by atoms with Gasteiger partial charge in [-0.05, 0) is 48.2 Å². The lowest BCUT2D eigenvalue weighted by Gasteiger charge is -2.18. The van der Waals surface area contributed by atoms with Crippen molar-refractivity contribution in [2.24, 2.45) is 0 Å². The van der Waals surface area contributed by atoms with Crippen LogP contribution >= 0.6 is 34.8 Å². The fourth-order valence-corrected chi connectivity index (χ4v) is 2.85. The van der Waals surface area contributed by atoms with Crippen molar-refractivity contribution in [1.82, 2.24) is 0 Å². The highest BCUT2D eigenvalue weighted by molar-refractivity contribution is 6.48. The predicted molar refractivity (Wildman–Crippen MR) is 95.2 cm³/mol. The van der Waals surface area contributed by atoms with E-state index in [1.165, 1.54) is 18.2 Å². The predicted octanol–water partition coefficient (Wildman–Crippen LogP) is 7.62. The maximum absolute atomic E-state index is 13.4. The summed E-state index contributed by atoms with van der Waals surface area (Å²) in [6.45, 7) is 3.85. The molecule has 0 spiro atoms. The van der Waals surface area contributed by atoms with Crippen LogP contribution in [0.3, 0.4) is 0 Å². The number of aryl methyl sites for hydroxylation is 2. The zero-order valence-electron chi connectivity index (χ0n) is 12.9. The largest absolute Gasteiger partial charge is 0.399 e. The molecule has 1 atom stereocenters. The average Bonchev–Trinajstić information content (AvgIpc) is 2.47. The average molecular weight is 394 g/mol. The highest BCUT2D eigenvalue weighted by Gasteiger charge is 2.39. The van der Waals surface area contributed by atoms with E-state index in [0.717, 1.165) is 17.2 Å². The van der Waals surface area contributed by atoms with Crippen LogP contribution in [0, 0.1) is 13.8 Å². The molecule has 0 aromatic heterocycles. The van der Waals surface area contributed by atoms with Crippen LogP contribution in [-0.4, -0.2) is 6.18 Å². The molecule has 6 heteroatoms. The van der Waals surface area contributed by atoms with E-state index in [2.05, 4.69) is 0 Å². The van der Waals surface area contributed by atoms with Gasteiger partial charge in [0.25, 0.3) is 0 Å². The fraction of sp³-hybridized carbons (Fsp3) is 0.222. The molecule has 0 fully saturated rings. The van der Waals surface area contributed by atoms with Crippen molar-refractivity contribution < 1.29 is 13.2 Å². The standard InChI is InChI=1S/C18H14Cl3F3/c1-10-3-4-12(7-11(10)2)5-6-14(18(22,23)24)13-8-15(19)17(21)16(20)9-13/h3-9,14H,1-2H3/b6-5+. The van der Waals surface area contributed by atoms with E-state index >= 15 is 0 Å². The lowest BCUT2D eigenvalue weighted by atomic mass is 9.96. The zero-order chi connectivity index (χ0) is 18.1. The van der Waals surface area contributed by atoms with E-state index in [-0.39, 0.29) is 20.6 Å². The van der Waals surface area contributed by atoms with Gasteiger partial charge in [-0.3, -0.25) is 0 Å². The van der Waals surface area contributed by atoms with Crippen molar-refractivity contribution in [2.45, 2.75) is 25.9 Å². The summed E-state index contributed by atoms with van der Waals surface area (Å²) in [5, 5.41) is 0.0298. The number of rotatable bonds is 3. The van der Waals surface area contributed by atoms with Gasteiger partial charge in [0.05, 0.1) is 21.0 Å². The van der Waals surface area contributed by atoms with Gasteiger partial charge in [0, 0.05) is 0 Å². The Morgan fingerprint density at radius 3 is 2.00 bits per heavy atom. The molecule has 2 aromatic carbocycles. The van der Waals surface area contributed by atoms with E-state index in [4.69, 9.17) is 34.8 Å². The van der Waals surface area contributed by atoms with Crippen LogP contribution in [0.5, 0.6) is 0 Å². The van der Waals surface area contributed by atoms with Crippen LogP contribution in [0.2, 0.25) is 15.1 Å². The first kappa shape index (κ1) is 19.2. The first-order valence-corrected chi connectivity index (χ1v) is 8.19. The van der Waals surface area contributed by atoms with Crippen LogP contribution in [0.4, 0.5) is 13.2 Å². The van der Waals surface area contributed by atoms with Crippen LogP contribution in [0.25, 0.3) is 6.08 Å². The summed E-state index contributed by atoms with van der Waals surface area (Å²) in [6, 6.07) is 7.86. The summed E-state index contributed by atoms with van der Waals surface area (Å²) in [6.07, 6.45) is -1.93. The minimum atomic E-state index is -4.48. The Morgan fingerprint density at radius 1 is 0.917 bits per heavy atom. The zero-order valence-corrected chi connectivity index (χ0v) is 15.2. The van der Waals surface area contributed by atoms with E-state index in [9.17, 15) is 13.2 Å². The molecular formula is C18H14Cl3F3. The van der Waals surface area contributed by atoms with Crippen molar-refractivity contribution in [3.8, 4) is 0 Å². The van der Waals surface area contributed by atoms with E-state index in [0.29, 0.717) is 5.56 Å². The van der Waals surface area contributed by atoms with Gasteiger partial charge in [-0.15, -0.1) is 0 Å². The topological polar surface area (TPSA) is 0 Å². The number of benzene rings is 2. The van der Waals surface area contributed by atoms with Crippen LogP contribution in [0.1, 0.15) is 28.2 Å². The molecule has 0 aliphatic carbocycles. The molecule has 0 radical (unpaired) electrons. The maximum Gasteiger partial charge on any atom is 0.399 e. The SMILES string of the molecule is Cc1ccc(/C=C/C(c2cc(Cl)c(Cl)c(Cl)c2)C(F)(F)F)cc1C.